The van der Waals surface area contributed by atoms with Crippen LogP contribution >= 0.6 is 0 Å². The summed E-state index contributed by atoms with van der Waals surface area (Å²) >= 11 is 0. The summed E-state index contributed by atoms with van der Waals surface area (Å²) in [6, 6.07) is 17.6. The van der Waals surface area contributed by atoms with Gasteiger partial charge in [-0.3, -0.25) is 14.6 Å². The molecular formula is C29H25N3O4. The van der Waals surface area contributed by atoms with E-state index in [-0.39, 0.29) is 25.0 Å². The van der Waals surface area contributed by atoms with E-state index < -0.39 is 11.6 Å². The summed E-state index contributed by atoms with van der Waals surface area (Å²) in [5.74, 6) is -0.515. The number of benzene rings is 2. The number of para-hydroxylation sites is 1. The number of aryl methyl sites for hydroxylation is 1. The number of esters is 1. The predicted molar refractivity (Wildman–Crippen MR) is 138 cm³/mol. The van der Waals surface area contributed by atoms with E-state index >= 15 is 0 Å². The summed E-state index contributed by atoms with van der Waals surface area (Å²) in [6.45, 7) is 4.00. The number of pyridine rings is 2. The van der Waals surface area contributed by atoms with Crippen molar-refractivity contribution in [3.05, 3.63) is 92.8 Å². The number of cyclic esters (lactones) is 1. The van der Waals surface area contributed by atoms with E-state index in [1.807, 2.05) is 67.7 Å². The molecule has 6 rings (SSSR count). The van der Waals surface area contributed by atoms with E-state index in [0.717, 1.165) is 33.3 Å². The number of ether oxygens (including phenoxy) is 1. The SMILES string of the molecule is CCC1(O)CC(=O)OCc2c1cc1n(c2=O)Cc2c-1nc1ccccc1c2C=Nc1cccc(C)c1. The second-order valence-electron chi connectivity index (χ2n) is 9.50. The van der Waals surface area contributed by atoms with Crippen molar-refractivity contribution >= 4 is 28.8 Å². The van der Waals surface area contributed by atoms with Gasteiger partial charge in [0, 0.05) is 22.7 Å². The van der Waals surface area contributed by atoms with Crippen molar-refractivity contribution in [1.29, 1.82) is 0 Å². The minimum atomic E-state index is -1.47. The Labute approximate surface area is 207 Å². The average Bonchev–Trinajstić information content (AvgIpc) is 3.18. The molecule has 0 radical (unpaired) electrons. The summed E-state index contributed by atoms with van der Waals surface area (Å²) in [4.78, 5) is 35.5. The Morgan fingerprint density at radius 3 is 2.78 bits per heavy atom. The fourth-order valence-electron chi connectivity index (χ4n) is 5.25. The molecule has 4 aromatic rings. The van der Waals surface area contributed by atoms with Crippen LogP contribution in [0.25, 0.3) is 22.3 Å². The van der Waals surface area contributed by atoms with Crippen molar-refractivity contribution < 1.29 is 14.6 Å². The van der Waals surface area contributed by atoms with Crippen LogP contribution in [0.2, 0.25) is 0 Å². The molecule has 2 aromatic heterocycles. The molecular weight excluding hydrogens is 454 g/mol. The topological polar surface area (TPSA) is 93.8 Å². The Morgan fingerprint density at radius 1 is 1.14 bits per heavy atom. The third kappa shape index (κ3) is 3.46. The van der Waals surface area contributed by atoms with Crippen molar-refractivity contribution in [2.24, 2.45) is 4.99 Å². The van der Waals surface area contributed by atoms with Gasteiger partial charge in [0.05, 0.1) is 41.1 Å². The number of aliphatic imine (C=N–C) groups is 1. The molecule has 0 saturated heterocycles. The number of aromatic nitrogens is 2. The average molecular weight is 480 g/mol. The van der Waals surface area contributed by atoms with Gasteiger partial charge in [0.15, 0.2) is 0 Å². The first-order valence-electron chi connectivity index (χ1n) is 12.1. The van der Waals surface area contributed by atoms with Crippen LogP contribution in [0, 0.1) is 6.92 Å². The lowest BCUT2D eigenvalue weighted by atomic mass is 9.85. The predicted octanol–water partition coefficient (Wildman–Crippen LogP) is 4.53. The molecule has 2 aliphatic heterocycles. The van der Waals surface area contributed by atoms with Gasteiger partial charge in [-0.15, -0.1) is 0 Å². The third-order valence-electron chi connectivity index (χ3n) is 7.24. The second kappa shape index (κ2) is 8.24. The number of carbonyl (C=O) groups excluding carboxylic acids is 1. The lowest BCUT2D eigenvalue weighted by Crippen LogP contribution is -2.32. The summed E-state index contributed by atoms with van der Waals surface area (Å²) in [7, 11) is 0. The fourth-order valence-corrected chi connectivity index (χ4v) is 5.25. The van der Waals surface area contributed by atoms with Crippen molar-refractivity contribution in [2.75, 3.05) is 0 Å². The number of rotatable bonds is 3. The van der Waals surface area contributed by atoms with Gasteiger partial charge in [-0.05, 0) is 48.7 Å². The molecule has 2 aromatic carbocycles. The van der Waals surface area contributed by atoms with Crippen molar-refractivity contribution in [1.82, 2.24) is 9.55 Å². The molecule has 7 heteroatoms. The normalized spacial score (nSPS) is 18.6. The smallest absolute Gasteiger partial charge is 0.309 e. The molecule has 2 aliphatic rings. The first-order valence-corrected chi connectivity index (χ1v) is 12.1. The second-order valence-corrected chi connectivity index (χ2v) is 9.50. The number of hydrogen-bond donors (Lipinski definition) is 1. The Morgan fingerprint density at radius 2 is 1.97 bits per heavy atom. The molecule has 0 amide bonds. The maximum Gasteiger partial charge on any atom is 0.309 e. The monoisotopic (exact) mass is 479 g/mol. The molecule has 0 bridgehead atoms. The molecule has 1 N–H and O–H groups in total. The number of fused-ring (bicyclic) bond motifs is 5. The van der Waals surface area contributed by atoms with Crippen LogP contribution in [-0.2, 0) is 28.3 Å². The highest BCUT2D eigenvalue weighted by Gasteiger charge is 2.39. The van der Waals surface area contributed by atoms with E-state index in [1.165, 1.54) is 0 Å². The zero-order chi connectivity index (χ0) is 25.0. The molecule has 0 saturated carbocycles. The quantitative estimate of drug-likeness (QED) is 0.303. The van der Waals surface area contributed by atoms with Gasteiger partial charge in [0.2, 0.25) is 0 Å². The minimum Gasteiger partial charge on any atom is -0.460 e. The third-order valence-corrected chi connectivity index (χ3v) is 7.24. The van der Waals surface area contributed by atoms with Crippen LogP contribution in [0.5, 0.6) is 0 Å². The molecule has 0 spiro atoms. The summed E-state index contributed by atoms with van der Waals surface area (Å²) in [5.41, 5.74) is 4.93. The maximum absolute atomic E-state index is 13.7. The molecule has 36 heavy (non-hydrogen) atoms. The molecule has 1 atom stereocenters. The minimum absolute atomic E-state index is 0.150. The highest BCUT2D eigenvalue weighted by Crippen LogP contribution is 2.40. The number of nitrogens with zero attached hydrogens (tertiary/aromatic N) is 3. The number of aliphatic hydroxyl groups is 1. The van der Waals surface area contributed by atoms with E-state index in [9.17, 15) is 14.7 Å². The van der Waals surface area contributed by atoms with Crippen molar-refractivity contribution in [3.63, 3.8) is 0 Å². The number of hydrogen-bond acceptors (Lipinski definition) is 6. The Bertz CT molecular complexity index is 1650. The largest absolute Gasteiger partial charge is 0.460 e. The van der Waals surface area contributed by atoms with Gasteiger partial charge >= 0.3 is 5.97 Å². The first-order chi connectivity index (χ1) is 17.4. The fraction of sp³-hybridized carbons (Fsp3) is 0.241. The Kier molecular flexibility index (Phi) is 5.12. The summed E-state index contributed by atoms with van der Waals surface area (Å²) in [5, 5.41) is 12.3. The van der Waals surface area contributed by atoms with Gasteiger partial charge < -0.3 is 14.4 Å². The number of carbonyl (C=O) groups is 1. The van der Waals surface area contributed by atoms with Crippen molar-refractivity contribution in [3.8, 4) is 11.4 Å². The molecule has 0 fully saturated rings. The van der Waals surface area contributed by atoms with Gasteiger partial charge in [-0.2, -0.15) is 0 Å². The molecule has 4 heterocycles. The van der Waals surface area contributed by atoms with Gasteiger partial charge in [-0.1, -0.05) is 37.3 Å². The molecule has 180 valence electrons. The molecule has 0 aliphatic carbocycles. The maximum atomic E-state index is 13.7. The van der Waals surface area contributed by atoms with E-state index in [4.69, 9.17) is 14.7 Å². The van der Waals surface area contributed by atoms with Gasteiger partial charge in [0.25, 0.3) is 5.56 Å². The van der Waals surface area contributed by atoms with E-state index in [0.29, 0.717) is 29.1 Å². The van der Waals surface area contributed by atoms with Crippen LogP contribution < -0.4 is 5.56 Å². The lowest BCUT2D eigenvalue weighted by Gasteiger charge is -2.26. The zero-order valence-electron chi connectivity index (χ0n) is 20.1. The van der Waals surface area contributed by atoms with Crippen LogP contribution in [0.15, 0.2) is 64.4 Å². The highest BCUT2D eigenvalue weighted by atomic mass is 16.5. The van der Waals surface area contributed by atoms with E-state index in [2.05, 4.69) is 0 Å². The first kappa shape index (κ1) is 22.4. The molecule has 7 nitrogen and oxygen atoms in total. The van der Waals surface area contributed by atoms with Crippen LogP contribution in [0.3, 0.4) is 0 Å². The van der Waals surface area contributed by atoms with Crippen LogP contribution in [-0.4, -0.2) is 26.8 Å². The van der Waals surface area contributed by atoms with Crippen molar-refractivity contribution in [2.45, 2.75) is 45.4 Å². The standard InChI is InChI=1S/C29H25N3O4/c1-3-29(35)13-26(33)36-16-22-23(29)12-25-27-21(15-32(25)28(22)34)20(19-9-4-5-10-24(19)31-27)14-30-18-8-6-7-17(2)11-18/h4-12,14,35H,3,13,15-16H2,1-2H3. The summed E-state index contributed by atoms with van der Waals surface area (Å²) < 4.78 is 6.94. The van der Waals surface area contributed by atoms with Gasteiger partial charge in [0.1, 0.15) is 12.2 Å². The Hall–Kier alpha value is -4.10. The zero-order valence-corrected chi connectivity index (χ0v) is 20.1. The van der Waals surface area contributed by atoms with E-state index in [1.54, 1.807) is 11.5 Å². The van der Waals surface area contributed by atoms with Gasteiger partial charge in [-0.25, -0.2) is 4.98 Å². The summed E-state index contributed by atoms with van der Waals surface area (Å²) in [6.07, 6.45) is 1.94. The molecule has 1 unspecified atom stereocenters. The Balaban J connectivity index is 1.58. The van der Waals surface area contributed by atoms with Crippen LogP contribution in [0.1, 0.15) is 47.6 Å². The lowest BCUT2D eigenvalue weighted by molar-refractivity contribution is -0.149. The highest BCUT2D eigenvalue weighted by molar-refractivity contribution is 6.03. The van der Waals surface area contributed by atoms with Crippen LogP contribution in [0.4, 0.5) is 5.69 Å².